The summed E-state index contributed by atoms with van der Waals surface area (Å²) >= 11 is 0. The first-order chi connectivity index (χ1) is 9.49. The van der Waals surface area contributed by atoms with Crippen molar-refractivity contribution in [2.75, 3.05) is 6.61 Å². The van der Waals surface area contributed by atoms with Gasteiger partial charge >= 0.3 is 11.9 Å². The Morgan fingerprint density at radius 1 is 1.14 bits per heavy atom. The van der Waals surface area contributed by atoms with Gasteiger partial charge in [0.25, 0.3) is 0 Å². The van der Waals surface area contributed by atoms with Crippen molar-refractivity contribution in [2.45, 2.75) is 72.8 Å². The average molecular weight is 301 g/mol. The number of esters is 1. The van der Waals surface area contributed by atoms with Gasteiger partial charge in [-0.3, -0.25) is 9.59 Å². The van der Waals surface area contributed by atoms with E-state index < -0.39 is 12.0 Å². The summed E-state index contributed by atoms with van der Waals surface area (Å²) in [6.07, 6.45) is 3.24. The predicted octanol–water partition coefficient (Wildman–Crippen LogP) is 2.96. The first kappa shape index (κ1) is 19.9. The van der Waals surface area contributed by atoms with Gasteiger partial charge < -0.3 is 15.6 Å². The van der Waals surface area contributed by atoms with E-state index in [-0.39, 0.29) is 16.8 Å². The molecule has 124 valence electrons. The lowest BCUT2D eigenvalue weighted by atomic mass is 9.83. The maximum atomic E-state index is 11.7. The van der Waals surface area contributed by atoms with Gasteiger partial charge in [-0.1, -0.05) is 41.0 Å². The van der Waals surface area contributed by atoms with Crippen LogP contribution < -0.4 is 5.73 Å². The smallest absolute Gasteiger partial charge is 0.320 e. The molecule has 0 aliphatic heterocycles. The van der Waals surface area contributed by atoms with Gasteiger partial charge in [-0.05, 0) is 30.1 Å². The number of rotatable bonds is 10. The Bertz CT molecular complexity index is 350. The Hall–Kier alpha value is -1.10. The Kier molecular flexibility index (Phi) is 7.93. The van der Waals surface area contributed by atoms with E-state index in [1.165, 1.54) is 0 Å². The average Bonchev–Trinajstić information content (AvgIpc) is 2.35. The molecule has 3 N–H and O–H groups in total. The molecule has 0 heterocycles. The minimum Gasteiger partial charge on any atom is -0.480 e. The summed E-state index contributed by atoms with van der Waals surface area (Å²) in [6.45, 7) is 10.6. The van der Waals surface area contributed by atoms with Crippen molar-refractivity contribution in [3.05, 3.63) is 0 Å². The molecule has 5 heteroatoms. The Labute approximate surface area is 128 Å². The minimum absolute atomic E-state index is 0.159. The van der Waals surface area contributed by atoms with Crippen LogP contribution in [0.5, 0.6) is 0 Å². The molecule has 0 bridgehead atoms. The SMILES string of the molecule is CCC(C)(C)CCC(=O)OCCC(C)(C)CC(N)C(=O)O. The molecule has 0 spiro atoms. The standard InChI is InChI=1S/C16H31NO4/c1-6-15(2,3)8-7-13(18)21-10-9-16(4,5)11-12(17)14(19)20/h12H,6-11,17H2,1-5H3,(H,19,20). The summed E-state index contributed by atoms with van der Waals surface area (Å²) in [5.41, 5.74) is 5.43. The van der Waals surface area contributed by atoms with E-state index in [2.05, 4.69) is 20.8 Å². The number of carbonyl (C=O) groups excluding carboxylic acids is 1. The number of hydrogen-bond acceptors (Lipinski definition) is 4. The van der Waals surface area contributed by atoms with Crippen LogP contribution in [0.3, 0.4) is 0 Å². The van der Waals surface area contributed by atoms with Gasteiger partial charge in [0, 0.05) is 6.42 Å². The van der Waals surface area contributed by atoms with Crippen molar-refractivity contribution in [2.24, 2.45) is 16.6 Å². The molecule has 0 radical (unpaired) electrons. The third kappa shape index (κ3) is 9.45. The molecule has 5 nitrogen and oxygen atoms in total. The number of carboxylic acid groups (broad SMARTS) is 1. The van der Waals surface area contributed by atoms with Gasteiger partial charge in [0.15, 0.2) is 0 Å². The van der Waals surface area contributed by atoms with Crippen molar-refractivity contribution in [3.63, 3.8) is 0 Å². The number of carbonyl (C=O) groups is 2. The molecule has 0 rings (SSSR count). The molecule has 1 unspecified atom stereocenters. The van der Waals surface area contributed by atoms with Gasteiger partial charge in [0.1, 0.15) is 6.04 Å². The van der Waals surface area contributed by atoms with Gasteiger partial charge in [-0.15, -0.1) is 0 Å². The topological polar surface area (TPSA) is 89.6 Å². The van der Waals surface area contributed by atoms with Crippen LogP contribution in [0.1, 0.15) is 66.7 Å². The highest BCUT2D eigenvalue weighted by molar-refractivity contribution is 5.73. The van der Waals surface area contributed by atoms with Crippen LogP contribution in [0.15, 0.2) is 0 Å². The zero-order valence-corrected chi connectivity index (χ0v) is 14.1. The third-order valence-electron chi connectivity index (χ3n) is 4.09. The highest BCUT2D eigenvalue weighted by atomic mass is 16.5. The second-order valence-corrected chi connectivity index (χ2v) is 7.30. The molecule has 0 saturated carbocycles. The van der Waals surface area contributed by atoms with Crippen LogP contribution >= 0.6 is 0 Å². The van der Waals surface area contributed by atoms with Gasteiger partial charge in [0.05, 0.1) is 6.61 Å². The van der Waals surface area contributed by atoms with Crippen molar-refractivity contribution < 1.29 is 19.4 Å². The monoisotopic (exact) mass is 301 g/mol. The van der Waals surface area contributed by atoms with Crippen molar-refractivity contribution in [3.8, 4) is 0 Å². The van der Waals surface area contributed by atoms with Crippen LogP contribution in [0, 0.1) is 10.8 Å². The quantitative estimate of drug-likeness (QED) is 0.605. The van der Waals surface area contributed by atoms with E-state index in [1.807, 2.05) is 13.8 Å². The van der Waals surface area contributed by atoms with E-state index in [4.69, 9.17) is 15.6 Å². The van der Waals surface area contributed by atoms with Crippen LogP contribution in [-0.2, 0) is 14.3 Å². The normalized spacial score (nSPS) is 13.8. The fraction of sp³-hybridized carbons (Fsp3) is 0.875. The molecule has 0 aliphatic carbocycles. The molecule has 0 amide bonds. The van der Waals surface area contributed by atoms with Gasteiger partial charge in [-0.2, -0.15) is 0 Å². The number of nitrogens with two attached hydrogens (primary N) is 1. The molecular formula is C16H31NO4. The number of hydrogen-bond donors (Lipinski definition) is 2. The third-order valence-corrected chi connectivity index (χ3v) is 4.09. The Morgan fingerprint density at radius 2 is 1.71 bits per heavy atom. The zero-order chi connectivity index (χ0) is 16.7. The van der Waals surface area contributed by atoms with E-state index >= 15 is 0 Å². The summed E-state index contributed by atoms with van der Waals surface area (Å²) in [6, 6.07) is -0.874. The van der Waals surface area contributed by atoms with Crippen LogP contribution in [0.4, 0.5) is 0 Å². The maximum absolute atomic E-state index is 11.7. The predicted molar refractivity (Wildman–Crippen MR) is 82.9 cm³/mol. The Morgan fingerprint density at radius 3 is 2.19 bits per heavy atom. The summed E-state index contributed by atoms with van der Waals surface area (Å²) in [4.78, 5) is 22.4. The first-order valence-corrected chi connectivity index (χ1v) is 7.63. The fourth-order valence-electron chi connectivity index (χ4n) is 1.92. The van der Waals surface area contributed by atoms with Crippen LogP contribution in [-0.4, -0.2) is 29.7 Å². The van der Waals surface area contributed by atoms with Crippen LogP contribution in [0.25, 0.3) is 0 Å². The van der Waals surface area contributed by atoms with Crippen molar-refractivity contribution >= 4 is 11.9 Å². The summed E-state index contributed by atoms with van der Waals surface area (Å²) in [5.74, 6) is -1.18. The molecular weight excluding hydrogens is 270 g/mol. The summed E-state index contributed by atoms with van der Waals surface area (Å²) < 4.78 is 5.23. The summed E-state index contributed by atoms with van der Waals surface area (Å²) in [5, 5.41) is 8.82. The molecule has 0 aromatic rings. The molecule has 0 aromatic heterocycles. The number of ether oxygens (including phenoxy) is 1. The highest BCUT2D eigenvalue weighted by Gasteiger charge is 2.25. The first-order valence-electron chi connectivity index (χ1n) is 7.63. The van der Waals surface area contributed by atoms with Crippen molar-refractivity contribution in [1.82, 2.24) is 0 Å². The number of carboxylic acids is 1. The van der Waals surface area contributed by atoms with Gasteiger partial charge in [0.2, 0.25) is 0 Å². The molecule has 0 aromatic carbocycles. The highest BCUT2D eigenvalue weighted by Crippen LogP contribution is 2.28. The lowest BCUT2D eigenvalue weighted by Crippen LogP contribution is -2.35. The second kappa shape index (κ2) is 8.37. The van der Waals surface area contributed by atoms with Crippen LogP contribution in [0.2, 0.25) is 0 Å². The molecule has 0 saturated heterocycles. The van der Waals surface area contributed by atoms with Gasteiger partial charge in [-0.25, -0.2) is 0 Å². The molecule has 0 fully saturated rings. The second-order valence-electron chi connectivity index (χ2n) is 7.30. The molecule has 0 aliphatic rings. The fourth-order valence-corrected chi connectivity index (χ4v) is 1.92. The van der Waals surface area contributed by atoms with Crippen molar-refractivity contribution in [1.29, 1.82) is 0 Å². The molecule has 21 heavy (non-hydrogen) atoms. The lowest BCUT2D eigenvalue weighted by molar-refractivity contribution is -0.145. The maximum Gasteiger partial charge on any atom is 0.320 e. The lowest BCUT2D eigenvalue weighted by Gasteiger charge is -2.26. The zero-order valence-electron chi connectivity index (χ0n) is 14.1. The minimum atomic E-state index is -0.998. The largest absolute Gasteiger partial charge is 0.480 e. The number of aliphatic carboxylic acids is 1. The molecule has 1 atom stereocenters. The van der Waals surface area contributed by atoms with E-state index in [9.17, 15) is 9.59 Å². The summed E-state index contributed by atoms with van der Waals surface area (Å²) in [7, 11) is 0. The Balaban J connectivity index is 4.02. The van der Waals surface area contributed by atoms with E-state index in [0.29, 0.717) is 25.9 Å². The van der Waals surface area contributed by atoms with E-state index in [1.54, 1.807) is 0 Å². The van der Waals surface area contributed by atoms with E-state index in [0.717, 1.165) is 12.8 Å².